The van der Waals surface area contributed by atoms with E-state index in [-0.39, 0.29) is 6.10 Å². The summed E-state index contributed by atoms with van der Waals surface area (Å²) in [5, 5.41) is 0. The molecule has 1 saturated heterocycles. The van der Waals surface area contributed by atoms with Gasteiger partial charge in [-0.1, -0.05) is 20.8 Å². The summed E-state index contributed by atoms with van der Waals surface area (Å²) >= 11 is 0. The van der Waals surface area contributed by atoms with Crippen molar-refractivity contribution in [3.8, 4) is 5.75 Å². The Hall–Kier alpha value is -1.13. The molecule has 1 aromatic rings. The summed E-state index contributed by atoms with van der Waals surface area (Å²) < 4.78 is 11.3. The summed E-state index contributed by atoms with van der Waals surface area (Å²) in [7, 11) is 4.09. The van der Waals surface area contributed by atoms with Crippen LogP contribution in [0.3, 0.4) is 0 Å². The molecular weight excluding hydrogens is 252 g/mol. The minimum Gasteiger partial charge on any atom is -0.486 e. The number of hydrogen-bond donors (Lipinski definition) is 0. The molecule has 0 spiro atoms. The molecule has 0 aliphatic carbocycles. The minimum atomic E-state index is 0.181. The van der Waals surface area contributed by atoms with Gasteiger partial charge in [0, 0.05) is 18.7 Å². The van der Waals surface area contributed by atoms with Crippen molar-refractivity contribution in [3.05, 3.63) is 23.5 Å². The molecule has 0 unspecified atom stereocenters. The summed E-state index contributed by atoms with van der Waals surface area (Å²) in [5.41, 5.74) is 2.13. The molecule has 1 atom stereocenters. The first-order valence-corrected chi connectivity index (χ1v) is 7.57. The second-order valence-corrected chi connectivity index (χ2v) is 4.94. The summed E-state index contributed by atoms with van der Waals surface area (Å²) in [4.78, 5) is 6.78. The number of nitrogens with zero attached hydrogens (tertiary/aromatic N) is 2. The molecule has 2 heterocycles. The Bertz CT molecular complexity index is 388. The van der Waals surface area contributed by atoms with Crippen LogP contribution >= 0.6 is 0 Å². The van der Waals surface area contributed by atoms with Crippen molar-refractivity contribution in [2.75, 3.05) is 27.3 Å². The monoisotopic (exact) mass is 280 g/mol. The molecule has 1 aliphatic rings. The van der Waals surface area contributed by atoms with Crippen molar-refractivity contribution in [2.45, 2.75) is 46.3 Å². The van der Waals surface area contributed by atoms with Crippen molar-refractivity contribution >= 4 is 0 Å². The van der Waals surface area contributed by atoms with E-state index in [1.807, 2.05) is 40.1 Å². The average Bonchev–Trinajstić information content (AvgIpc) is 2.95. The van der Waals surface area contributed by atoms with Gasteiger partial charge in [0.2, 0.25) is 0 Å². The zero-order chi connectivity index (χ0) is 15.0. The maximum atomic E-state index is 5.99. The van der Waals surface area contributed by atoms with Crippen LogP contribution < -0.4 is 4.74 Å². The SMILES string of the molecule is CC.CCc1ccc(O[C@@H]2CCOC2)c(CN(C)C)n1. The summed E-state index contributed by atoms with van der Waals surface area (Å²) in [6.45, 7) is 8.41. The van der Waals surface area contributed by atoms with Gasteiger partial charge in [-0.25, -0.2) is 0 Å². The predicted octanol–water partition coefficient (Wildman–Crippen LogP) is 2.90. The Kier molecular flexibility index (Phi) is 7.55. The Labute approximate surface area is 123 Å². The lowest BCUT2D eigenvalue weighted by Gasteiger charge is -2.18. The van der Waals surface area contributed by atoms with Gasteiger partial charge in [0.1, 0.15) is 11.9 Å². The molecule has 114 valence electrons. The van der Waals surface area contributed by atoms with Crippen LogP contribution in [0.25, 0.3) is 0 Å². The zero-order valence-corrected chi connectivity index (χ0v) is 13.5. The van der Waals surface area contributed by atoms with E-state index in [0.29, 0.717) is 6.61 Å². The highest BCUT2D eigenvalue weighted by Gasteiger charge is 2.19. The van der Waals surface area contributed by atoms with E-state index in [0.717, 1.165) is 43.1 Å². The number of pyridine rings is 1. The third-order valence-corrected chi connectivity index (χ3v) is 3.00. The van der Waals surface area contributed by atoms with E-state index in [2.05, 4.69) is 16.8 Å². The Morgan fingerprint density at radius 3 is 2.65 bits per heavy atom. The molecule has 1 aliphatic heterocycles. The van der Waals surface area contributed by atoms with Gasteiger partial charge in [-0.2, -0.15) is 0 Å². The van der Waals surface area contributed by atoms with E-state index in [4.69, 9.17) is 9.47 Å². The average molecular weight is 280 g/mol. The molecule has 20 heavy (non-hydrogen) atoms. The lowest BCUT2D eigenvalue weighted by atomic mass is 10.2. The van der Waals surface area contributed by atoms with Gasteiger partial charge < -0.3 is 14.4 Å². The van der Waals surface area contributed by atoms with Gasteiger partial charge in [0.25, 0.3) is 0 Å². The third-order valence-electron chi connectivity index (χ3n) is 3.00. The maximum absolute atomic E-state index is 5.99. The van der Waals surface area contributed by atoms with Gasteiger partial charge in [-0.3, -0.25) is 4.98 Å². The van der Waals surface area contributed by atoms with Crippen LogP contribution in [-0.2, 0) is 17.7 Å². The lowest BCUT2D eigenvalue weighted by molar-refractivity contribution is 0.139. The smallest absolute Gasteiger partial charge is 0.142 e. The minimum absolute atomic E-state index is 0.181. The third kappa shape index (κ3) is 5.10. The van der Waals surface area contributed by atoms with E-state index in [1.54, 1.807) is 0 Å². The first kappa shape index (κ1) is 16.9. The fraction of sp³-hybridized carbons (Fsp3) is 0.688. The number of aromatic nitrogens is 1. The molecule has 0 aromatic carbocycles. The quantitative estimate of drug-likeness (QED) is 0.830. The number of aryl methyl sites for hydroxylation is 1. The van der Waals surface area contributed by atoms with Crippen LogP contribution in [0.5, 0.6) is 5.75 Å². The van der Waals surface area contributed by atoms with E-state index >= 15 is 0 Å². The highest BCUT2D eigenvalue weighted by atomic mass is 16.5. The molecule has 0 bridgehead atoms. The van der Waals surface area contributed by atoms with E-state index in [1.165, 1.54) is 0 Å². The first-order valence-electron chi connectivity index (χ1n) is 7.57. The number of ether oxygens (including phenoxy) is 2. The first-order chi connectivity index (χ1) is 9.69. The van der Waals surface area contributed by atoms with Crippen LogP contribution in [0.15, 0.2) is 12.1 Å². The highest BCUT2D eigenvalue weighted by molar-refractivity contribution is 5.30. The molecule has 1 fully saturated rings. The summed E-state index contributed by atoms with van der Waals surface area (Å²) in [5.74, 6) is 0.899. The normalized spacial score (nSPS) is 17.8. The van der Waals surface area contributed by atoms with Gasteiger partial charge >= 0.3 is 0 Å². The van der Waals surface area contributed by atoms with Crippen molar-refractivity contribution in [2.24, 2.45) is 0 Å². The zero-order valence-electron chi connectivity index (χ0n) is 13.5. The van der Waals surface area contributed by atoms with Gasteiger partial charge in [-0.15, -0.1) is 0 Å². The maximum Gasteiger partial charge on any atom is 0.142 e. The summed E-state index contributed by atoms with van der Waals surface area (Å²) in [6, 6.07) is 4.09. The molecule has 0 saturated carbocycles. The van der Waals surface area contributed by atoms with Gasteiger partial charge in [0.15, 0.2) is 0 Å². The largest absolute Gasteiger partial charge is 0.486 e. The van der Waals surface area contributed by atoms with Crippen molar-refractivity contribution < 1.29 is 9.47 Å². The Balaban J connectivity index is 0.000000956. The Morgan fingerprint density at radius 2 is 2.10 bits per heavy atom. The molecule has 2 rings (SSSR count). The van der Waals surface area contributed by atoms with Crippen LogP contribution in [-0.4, -0.2) is 43.3 Å². The second kappa shape index (κ2) is 8.93. The topological polar surface area (TPSA) is 34.6 Å². The van der Waals surface area contributed by atoms with Crippen LogP contribution in [0, 0.1) is 0 Å². The van der Waals surface area contributed by atoms with Crippen LogP contribution in [0.2, 0.25) is 0 Å². The molecular formula is C16H28N2O2. The van der Waals surface area contributed by atoms with Crippen LogP contribution in [0.1, 0.15) is 38.6 Å². The highest BCUT2D eigenvalue weighted by Crippen LogP contribution is 2.22. The van der Waals surface area contributed by atoms with Crippen molar-refractivity contribution in [1.29, 1.82) is 0 Å². The molecule has 4 heteroatoms. The summed E-state index contributed by atoms with van der Waals surface area (Å²) in [6.07, 6.45) is 2.10. The second-order valence-electron chi connectivity index (χ2n) is 4.94. The Morgan fingerprint density at radius 1 is 1.35 bits per heavy atom. The van der Waals surface area contributed by atoms with Gasteiger partial charge in [-0.05, 0) is 32.6 Å². The van der Waals surface area contributed by atoms with E-state index < -0.39 is 0 Å². The van der Waals surface area contributed by atoms with E-state index in [9.17, 15) is 0 Å². The molecule has 4 nitrogen and oxygen atoms in total. The molecule has 0 N–H and O–H groups in total. The van der Waals surface area contributed by atoms with Crippen LogP contribution in [0.4, 0.5) is 0 Å². The van der Waals surface area contributed by atoms with Crippen molar-refractivity contribution in [3.63, 3.8) is 0 Å². The number of hydrogen-bond acceptors (Lipinski definition) is 4. The predicted molar refractivity (Wildman–Crippen MR) is 82.2 cm³/mol. The fourth-order valence-electron chi connectivity index (χ4n) is 2.04. The molecule has 1 aromatic heterocycles. The molecule has 0 amide bonds. The molecule has 0 radical (unpaired) electrons. The lowest BCUT2D eigenvalue weighted by Crippen LogP contribution is -2.19. The number of rotatable bonds is 5. The fourth-order valence-corrected chi connectivity index (χ4v) is 2.04. The van der Waals surface area contributed by atoms with Gasteiger partial charge in [0.05, 0.1) is 18.9 Å². The van der Waals surface area contributed by atoms with Crippen molar-refractivity contribution in [1.82, 2.24) is 9.88 Å². The standard InChI is InChI=1S/C14H22N2O2.C2H6/c1-4-11-5-6-14(13(15-11)9-16(2)3)18-12-7-8-17-10-12;1-2/h5-6,12H,4,7-10H2,1-3H3;1-2H3/t12-;/m1./s1.